The van der Waals surface area contributed by atoms with Crippen LogP contribution in [0.1, 0.15) is 15.9 Å². The summed E-state index contributed by atoms with van der Waals surface area (Å²) in [5.41, 5.74) is 0.260. The highest BCUT2D eigenvalue weighted by atomic mass is 16.5. The highest BCUT2D eigenvalue weighted by molar-refractivity contribution is 6.39. The Kier molecular flexibility index (Phi) is 5.42. The standard InChI is InChI=1S/C21H14N2O6/c1-2-11-29-16-9-3-13(4-10-16)12-17-18(24)22-21(28)23(19(17)25)15-7-5-14(6-8-15)20(26)27/h1,3-10,12H,11H2,(H,26,27)(H,22,24,28)/p-1/b17-12-. The van der Waals surface area contributed by atoms with Gasteiger partial charge >= 0.3 is 6.03 Å². The van der Waals surface area contributed by atoms with Crippen molar-refractivity contribution < 1.29 is 29.0 Å². The second-order valence-electron chi connectivity index (χ2n) is 5.85. The van der Waals surface area contributed by atoms with Crippen LogP contribution in [-0.4, -0.2) is 30.4 Å². The van der Waals surface area contributed by atoms with Crippen LogP contribution in [-0.2, 0) is 9.59 Å². The fraction of sp³-hybridized carbons (Fsp3) is 0.0476. The maximum atomic E-state index is 12.8. The number of urea groups is 1. The van der Waals surface area contributed by atoms with Gasteiger partial charge in [-0.2, -0.15) is 0 Å². The molecule has 1 N–H and O–H groups in total. The number of nitrogens with one attached hydrogen (secondary N) is 1. The van der Waals surface area contributed by atoms with E-state index in [2.05, 4.69) is 11.2 Å². The first-order valence-corrected chi connectivity index (χ1v) is 8.30. The molecule has 1 saturated heterocycles. The van der Waals surface area contributed by atoms with E-state index in [0.717, 1.165) is 4.90 Å². The molecule has 8 heteroatoms. The maximum Gasteiger partial charge on any atom is 0.335 e. The smallest absolute Gasteiger partial charge is 0.335 e. The Balaban J connectivity index is 1.89. The SMILES string of the molecule is C#CCOc1ccc(/C=C2/C(=O)NC(=O)N(c3ccc(C(=O)[O-])cc3)C2=O)cc1. The highest BCUT2D eigenvalue weighted by Crippen LogP contribution is 2.23. The molecule has 3 rings (SSSR count). The lowest BCUT2D eigenvalue weighted by molar-refractivity contribution is -0.255. The lowest BCUT2D eigenvalue weighted by atomic mass is 10.1. The van der Waals surface area contributed by atoms with Crippen molar-refractivity contribution in [3.05, 3.63) is 65.2 Å². The number of aromatic carboxylic acids is 1. The second-order valence-corrected chi connectivity index (χ2v) is 5.85. The number of amides is 4. The number of carboxylic acid groups (broad SMARTS) is 1. The van der Waals surface area contributed by atoms with E-state index in [0.29, 0.717) is 11.3 Å². The van der Waals surface area contributed by atoms with Crippen LogP contribution in [0.3, 0.4) is 0 Å². The fourth-order valence-electron chi connectivity index (χ4n) is 2.59. The number of ether oxygens (including phenoxy) is 1. The summed E-state index contributed by atoms with van der Waals surface area (Å²) in [6.45, 7) is 0.106. The van der Waals surface area contributed by atoms with Crippen molar-refractivity contribution in [1.82, 2.24) is 5.32 Å². The topological polar surface area (TPSA) is 116 Å². The van der Waals surface area contributed by atoms with Gasteiger partial charge in [-0.25, -0.2) is 9.69 Å². The Morgan fingerprint density at radius 3 is 2.34 bits per heavy atom. The molecule has 0 aromatic heterocycles. The lowest BCUT2D eigenvalue weighted by Crippen LogP contribution is -2.54. The van der Waals surface area contributed by atoms with Gasteiger partial charge < -0.3 is 14.6 Å². The van der Waals surface area contributed by atoms with Gasteiger partial charge in [-0.3, -0.25) is 14.9 Å². The van der Waals surface area contributed by atoms with E-state index in [1.165, 1.54) is 30.3 Å². The lowest BCUT2D eigenvalue weighted by Gasteiger charge is -2.26. The number of nitrogens with zero attached hydrogens (tertiary/aromatic N) is 1. The minimum Gasteiger partial charge on any atom is -0.545 e. The molecule has 1 aliphatic heterocycles. The summed E-state index contributed by atoms with van der Waals surface area (Å²) >= 11 is 0. The molecule has 1 aliphatic rings. The van der Waals surface area contributed by atoms with E-state index < -0.39 is 23.8 Å². The Bertz CT molecular complexity index is 1060. The average Bonchev–Trinajstić information content (AvgIpc) is 2.70. The molecule has 0 aliphatic carbocycles. The third-order valence-corrected chi connectivity index (χ3v) is 3.98. The van der Waals surface area contributed by atoms with Crippen molar-refractivity contribution in [2.24, 2.45) is 0 Å². The minimum absolute atomic E-state index is 0.105. The summed E-state index contributed by atoms with van der Waals surface area (Å²) < 4.78 is 5.26. The molecule has 0 saturated carbocycles. The Labute approximate surface area is 165 Å². The van der Waals surface area contributed by atoms with Gasteiger partial charge in [0.25, 0.3) is 11.8 Å². The van der Waals surface area contributed by atoms with Gasteiger partial charge in [-0.1, -0.05) is 30.2 Å². The molecule has 0 unspecified atom stereocenters. The predicted molar refractivity (Wildman–Crippen MR) is 101 cm³/mol. The number of carboxylic acids is 1. The van der Waals surface area contributed by atoms with Gasteiger partial charge in [-0.05, 0) is 41.5 Å². The molecular formula is C21H13N2O6-. The molecular weight excluding hydrogens is 376 g/mol. The Morgan fingerprint density at radius 1 is 1.10 bits per heavy atom. The van der Waals surface area contributed by atoms with Crippen molar-refractivity contribution in [1.29, 1.82) is 0 Å². The number of carbonyl (C=O) groups excluding carboxylic acids is 4. The van der Waals surface area contributed by atoms with Crippen molar-refractivity contribution >= 4 is 35.6 Å². The third kappa shape index (κ3) is 4.14. The number of anilines is 1. The van der Waals surface area contributed by atoms with E-state index in [-0.39, 0.29) is 23.4 Å². The van der Waals surface area contributed by atoms with Crippen LogP contribution in [0.2, 0.25) is 0 Å². The quantitative estimate of drug-likeness (QED) is 0.458. The second kappa shape index (κ2) is 8.10. The van der Waals surface area contributed by atoms with Crippen LogP contribution in [0.15, 0.2) is 54.1 Å². The van der Waals surface area contributed by atoms with Gasteiger partial charge in [-0.15, -0.1) is 6.42 Å². The summed E-state index contributed by atoms with van der Waals surface area (Å²) in [6, 6.07) is 10.5. The molecule has 4 amide bonds. The third-order valence-electron chi connectivity index (χ3n) is 3.98. The van der Waals surface area contributed by atoms with Crippen molar-refractivity contribution in [2.75, 3.05) is 11.5 Å². The number of carbonyl (C=O) groups is 4. The number of benzene rings is 2. The van der Waals surface area contributed by atoms with Gasteiger partial charge in [0, 0.05) is 0 Å². The van der Waals surface area contributed by atoms with E-state index >= 15 is 0 Å². The number of hydrogen-bond acceptors (Lipinski definition) is 6. The van der Waals surface area contributed by atoms with Crippen molar-refractivity contribution in [3.8, 4) is 18.1 Å². The molecule has 0 radical (unpaired) electrons. The highest BCUT2D eigenvalue weighted by Gasteiger charge is 2.36. The van der Waals surface area contributed by atoms with Crippen LogP contribution < -0.4 is 20.1 Å². The average molecular weight is 389 g/mol. The van der Waals surface area contributed by atoms with E-state index in [1.54, 1.807) is 24.3 Å². The van der Waals surface area contributed by atoms with Crippen molar-refractivity contribution in [2.45, 2.75) is 0 Å². The van der Waals surface area contributed by atoms with E-state index in [1.807, 2.05) is 0 Å². The zero-order chi connectivity index (χ0) is 21.0. The number of terminal acetylenes is 1. The van der Waals surface area contributed by atoms with E-state index in [9.17, 15) is 24.3 Å². The summed E-state index contributed by atoms with van der Waals surface area (Å²) in [7, 11) is 0. The van der Waals surface area contributed by atoms with Gasteiger partial charge in [0.05, 0.1) is 11.7 Å². The zero-order valence-electron chi connectivity index (χ0n) is 14.9. The minimum atomic E-state index is -1.39. The summed E-state index contributed by atoms with van der Waals surface area (Å²) in [4.78, 5) is 48.7. The first-order chi connectivity index (χ1) is 13.9. The molecule has 0 spiro atoms. The summed E-state index contributed by atoms with van der Waals surface area (Å²) in [5, 5.41) is 12.9. The van der Waals surface area contributed by atoms with Gasteiger partial charge in [0.15, 0.2) is 0 Å². The largest absolute Gasteiger partial charge is 0.545 e. The number of rotatable bonds is 5. The van der Waals surface area contributed by atoms with E-state index in [4.69, 9.17) is 11.2 Å². The first kappa shape index (κ1) is 19.4. The molecule has 8 nitrogen and oxygen atoms in total. The van der Waals surface area contributed by atoms with Gasteiger partial charge in [0.2, 0.25) is 0 Å². The maximum absolute atomic E-state index is 12.8. The number of imide groups is 2. The fourth-order valence-corrected chi connectivity index (χ4v) is 2.59. The molecule has 144 valence electrons. The Morgan fingerprint density at radius 2 is 1.76 bits per heavy atom. The van der Waals surface area contributed by atoms with Crippen molar-refractivity contribution in [3.63, 3.8) is 0 Å². The summed E-state index contributed by atoms with van der Waals surface area (Å²) in [6.07, 6.45) is 6.46. The predicted octanol–water partition coefficient (Wildman–Crippen LogP) is 0.728. The number of barbiturate groups is 1. The number of hydrogen-bond donors (Lipinski definition) is 1. The zero-order valence-corrected chi connectivity index (χ0v) is 14.9. The Hall–Kier alpha value is -4.38. The molecule has 0 bridgehead atoms. The summed E-state index contributed by atoms with van der Waals surface area (Å²) in [5.74, 6) is -0.211. The first-order valence-electron chi connectivity index (χ1n) is 8.30. The monoisotopic (exact) mass is 389 g/mol. The van der Waals surface area contributed by atoms with Crippen LogP contribution in [0.25, 0.3) is 6.08 Å². The molecule has 0 atom stereocenters. The molecule has 29 heavy (non-hydrogen) atoms. The van der Waals surface area contributed by atoms with Crippen LogP contribution >= 0.6 is 0 Å². The molecule has 2 aromatic rings. The van der Waals surface area contributed by atoms with Gasteiger partial charge in [0.1, 0.15) is 17.9 Å². The van der Waals surface area contributed by atoms with Crippen LogP contribution in [0.4, 0.5) is 10.5 Å². The molecule has 1 fully saturated rings. The van der Waals surface area contributed by atoms with Crippen LogP contribution in [0.5, 0.6) is 5.75 Å². The molecule has 2 aromatic carbocycles. The molecule has 1 heterocycles. The normalized spacial score (nSPS) is 15.1. The van der Waals surface area contributed by atoms with Crippen LogP contribution in [0, 0.1) is 12.3 Å².